The van der Waals surface area contributed by atoms with E-state index in [0.717, 1.165) is 16.3 Å². The molecule has 9 heteroatoms. The number of benzene rings is 2. The highest BCUT2D eigenvalue weighted by Gasteiger charge is 2.28. The molecule has 0 unspecified atom stereocenters. The zero-order valence-corrected chi connectivity index (χ0v) is 18.4. The summed E-state index contributed by atoms with van der Waals surface area (Å²) in [7, 11) is 0. The van der Waals surface area contributed by atoms with Crippen molar-refractivity contribution in [3.63, 3.8) is 0 Å². The van der Waals surface area contributed by atoms with Crippen LogP contribution in [0.25, 0.3) is 11.3 Å². The first kappa shape index (κ1) is 21.5. The number of esters is 1. The number of hydrogen-bond acceptors (Lipinski definition) is 7. The maximum atomic E-state index is 12.7. The van der Waals surface area contributed by atoms with Gasteiger partial charge in [0, 0.05) is 16.6 Å². The fraction of sp³-hybridized carbons (Fsp3) is 0.217. The topological polar surface area (TPSA) is 97.8 Å². The number of thiazole rings is 1. The second-order valence-electron chi connectivity index (χ2n) is 7.05. The van der Waals surface area contributed by atoms with Crippen molar-refractivity contribution in [1.82, 2.24) is 4.98 Å². The number of aromatic nitrogens is 1. The van der Waals surface area contributed by atoms with Gasteiger partial charge in [0.1, 0.15) is 12.3 Å². The molecule has 0 spiro atoms. The molecule has 2 heterocycles. The molecule has 4 rings (SSSR count). The van der Waals surface area contributed by atoms with E-state index in [2.05, 4.69) is 10.3 Å². The third-order valence-electron chi connectivity index (χ3n) is 4.80. The third-order valence-corrected chi connectivity index (χ3v) is 5.57. The normalized spacial score (nSPS) is 12.7. The summed E-state index contributed by atoms with van der Waals surface area (Å²) in [5.41, 5.74) is 3.07. The number of ether oxygens (including phenoxy) is 2. The molecule has 2 aromatic carbocycles. The van der Waals surface area contributed by atoms with Crippen LogP contribution in [0.1, 0.15) is 22.3 Å². The summed E-state index contributed by atoms with van der Waals surface area (Å²) in [6.45, 7) is 3.64. The Morgan fingerprint density at radius 2 is 2.00 bits per heavy atom. The van der Waals surface area contributed by atoms with Gasteiger partial charge in [-0.25, -0.2) is 9.78 Å². The Balaban J connectivity index is 1.50. The van der Waals surface area contributed by atoms with E-state index in [1.165, 1.54) is 16.2 Å². The highest BCUT2D eigenvalue weighted by atomic mass is 32.1. The highest BCUT2D eigenvalue weighted by Crippen LogP contribution is 2.36. The minimum absolute atomic E-state index is 0.135. The molecule has 0 saturated carbocycles. The first-order valence-electron chi connectivity index (χ1n) is 10.0. The first-order valence-corrected chi connectivity index (χ1v) is 10.9. The van der Waals surface area contributed by atoms with Gasteiger partial charge in [-0.15, -0.1) is 11.3 Å². The van der Waals surface area contributed by atoms with Crippen molar-refractivity contribution in [2.75, 3.05) is 30.0 Å². The van der Waals surface area contributed by atoms with E-state index in [4.69, 9.17) is 9.47 Å². The number of anilines is 2. The van der Waals surface area contributed by atoms with Crippen LogP contribution in [0.3, 0.4) is 0 Å². The molecule has 8 nitrogen and oxygen atoms in total. The van der Waals surface area contributed by atoms with Crippen molar-refractivity contribution in [2.24, 2.45) is 0 Å². The van der Waals surface area contributed by atoms with Crippen molar-refractivity contribution in [3.8, 4) is 17.0 Å². The fourth-order valence-electron chi connectivity index (χ4n) is 3.28. The number of nitrogens with one attached hydrogen (secondary N) is 1. The van der Waals surface area contributed by atoms with Gasteiger partial charge in [-0.2, -0.15) is 0 Å². The molecule has 3 aromatic rings. The quantitative estimate of drug-likeness (QED) is 0.575. The first-order chi connectivity index (χ1) is 15.4. The van der Waals surface area contributed by atoms with Gasteiger partial charge < -0.3 is 14.8 Å². The smallest absolute Gasteiger partial charge is 0.338 e. The summed E-state index contributed by atoms with van der Waals surface area (Å²) >= 11 is 1.54. The predicted molar refractivity (Wildman–Crippen MR) is 121 cm³/mol. The van der Waals surface area contributed by atoms with Crippen molar-refractivity contribution in [2.45, 2.75) is 13.8 Å². The van der Waals surface area contributed by atoms with Gasteiger partial charge in [-0.05, 0) is 56.3 Å². The number of hydrogen-bond donors (Lipinski definition) is 1. The molecule has 0 bridgehead atoms. The molecule has 1 aromatic heterocycles. The van der Waals surface area contributed by atoms with E-state index in [-0.39, 0.29) is 31.6 Å². The Hall–Kier alpha value is -3.72. The number of aryl methyl sites for hydroxylation is 1. The molecule has 164 valence electrons. The lowest BCUT2D eigenvalue weighted by Crippen LogP contribution is -2.43. The van der Waals surface area contributed by atoms with Crippen LogP contribution in [0.4, 0.5) is 11.4 Å². The molecule has 1 N–H and O–H groups in total. The average molecular weight is 452 g/mol. The Morgan fingerprint density at radius 3 is 2.69 bits per heavy atom. The molecule has 0 aliphatic carbocycles. The second-order valence-corrected chi connectivity index (χ2v) is 8.11. The van der Waals surface area contributed by atoms with E-state index >= 15 is 0 Å². The fourth-order valence-corrected chi connectivity index (χ4v) is 3.90. The zero-order valence-electron chi connectivity index (χ0n) is 17.6. The Labute approximate surface area is 188 Å². The number of carbonyl (C=O) groups is 3. The molecule has 1 aliphatic heterocycles. The summed E-state index contributed by atoms with van der Waals surface area (Å²) in [5, 5.41) is 5.64. The van der Waals surface area contributed by atoms with E-state index in [1.54, 1.807) is 37.3 Å². The van der Waals surface area contributed by atoms with Gasteiger partial charge in [0.25, 0.3) is 5.91 Å². The van der Waals surface area contributed by atoms with Gasteiger partial charge in [0.15, 0.2) is 6.61 Å². The number of nitrogens with zero attached hydrogens (tertiary/aromatic N) is 2. The maximum Gasteiger partial charge on any atom is 0.338 e. The van der Waals surface area contributed by atoms with Gasteiger partial charge in [-0.1, -0.05) is 0 Å². The van der Waals surface area contributed by atoms with Crippen LogP contribution in [-0.4, -0.2) is 42.5 Å². The molecular formula is C23H21N3O5S. The highest BCUT2D eigenvalue weighted by molar-refractivity contribution is 7.09. The Kier molecular flexibility index (Phi) is 6.18. The van der Waals surface area contributed by atoms with Crippen LogP contribution in [0, 0.1) is 6.92 Å². The summed E-state index contributed by atoms with van der Waals surface area (Å²) < 4.78 is 10.5. The average Bonchev–Trinajstić information content (AvgIpc) is 3.22. The predicted octanol–water partition coefficient (Wildman–Crippen LogP) is 3.66. The number of amides is 2. The van der Waals surface area contributed by atoms with Crippen LogP contribution in [0.5, 0.6) is 5.75 Å². The van der Waals surface area contributed by atoms with Crippen molar-refractivity contribution >= 4 is 40.5 Å². The second kappa shape index (κ2) is 9.19. The Bertz CT molecular complexity index is 1170. The standard InChI is InChI=1S/C23H21N3O5S/c1-3-30-23(29)15-4-7-17(8-5-15)25-21(27)11-26-19-10-16(18-13-32-14(2)24-18)6-9-20(19)31-12-22(26)28/h4-10,13H,3,11-12H2,1-2H3,(H,25,27). The third kappa shape index (κ3) is 4.62. The van der Waals surface area contributed by atoms with Gasteiger partial charge in [-0.3, -0.25) is 14.5 Å². The van der Waals surface area contributed by atoms with Crippen LogP contribution < -0.4 is 15.0 Å². The van der Waals surface area contributed by atoms with Crippen LogP contribution in [-0.2, 0) is 14.3 Å². The number of carbonyl (C=O) groups excluding carboxylic acids is 3. The van der Waals surface area contributed by atoms with Gasteiger partial charge in [0.2, 0.25) is 5.91 Å². The van der Waals surface area contributed by atoms with Gasteiger partial charge >= 0.3 is 5.97 Å². The van der Waals surface area contributed by atoms with Crippen molar-refractivity contribution in [1.29, 1.82) is 0 Å². The Morgan fingerprint density at radius 1 is 1.22 bits per heavy atom. The molecular weight excluding hydrogens is 430 g/mol. The lowest BCUT2D eigenvalue weighted by Gasteiger charge is -2.29. The van der Waals surface area contributed by atoms with Crippen LogP contribution in [0.2, 0.25) is 0 Å². The molecule has 0 saturated heterocycles. The number of rotatable bonds is 6. The van der Waals surface area contributed by atoms with Crippen LogP contribution >= 0.6 is 11.3 Å². The molecule has 0 radical (unpaired) electrons. The molecule has 2 amide bonds. The summed E-state index contributed by atoms with van der Waals surface area (Å²) in [6, 6.07) is 11.8. The summed E-state index contributed by atoms with van der Waals surface area (Å²) in [4.78, 5) is 42.8. The SMILES string of the molecule is CCOC(=O)c1ccc(NC(=O)CN2C(=O)COc3ccc(-c4csc(C)n4)cc32)cc1. The molecule has 1 aliphatic rings. The van der Waals surface area contributed by atoms with Crippen molar-refractivity contribution < 1.29 is 23.9 Å². The zero-order chi connectivity index (χ0) is 22.7. The van der Waals surface area contributed by atoms with E-state index in [1.807, 2.05) is 24.4 Å². The lowest BCUT2D eigenvalue weighted by molar-refractivity contribution is -0.123. The maximum absolute atomic E-state index is 12.7. The van der Waals surface area contributed by atoms with E-state index in [9.17, 15) is 14.4 Å². The minimum Gasteiger partial charge on any atom is -0.482 e. The molecule has 0 atom stereocenters. The summed E-state index contributed by atoms with van der Waals surface area (Å²) in [5.74, 6) is -0.569. The van der Waals surface area contributed by atoms with E-state index in [0.29, 0.717) is 22.7 Å². The van der Waals surface area contributed by atoms with E-state index < -0.39 is 5.97 Å². The van der Waals surface area contributed by atoms with Gasteiger partial charge in [0.05, 0.1) is 28.6 Å². The number of fused-ring (bicyclic) bond motifs is 1. The summed E-state index contributed by atoms with van der Waals surface area (Å²) in [6.07, 6.45) is 0. The van der Waals surface area contributed by atoms with Crippen LogP contribution in [0.15, 0.2) is 47.8 Å². The monoisotopic (exact) mass is 451 g/mol. The largest absolute Gasteiger partial charge is 0.482 e. The lowest BCUT2D eigenvalue weighted by atomic mass is 10.1. The molecule has 32 heavy (non-hydrogen) atoms. The van der Waals surface area contributed by atoms with Crippen molar-refractivity contribution in [3.05, 3.63) is 58.4 Å². The minimum atomic E-state index is -0.424. The molecule has 0 fully saturated rings.